The lowest BCUT2D eigenvalue weighted by atomic mass is 10.1. The second-order valence-electron chi connectivity index (χ2n) is 4.30. The highest BCUT2D eigenvalue weighted by Crippen LogP contribution is 2.13. The molecule has 0 bridgehead atoms. The first-order valence-electron chi connectivity index (χ1n) is 6.02. The van der Waals surface area contributed by atoms with Crippen LogP contribution in [0.5, 0.6) is 0 Å². The summed E-state index contributed by atoms with van der Waals surface area (Å²) in [6, 6.07) is 6.48. The van der Waals surface area contributed by atoms with Crippen LogP contribution in [0.4, 0.5) is 5.69 Å². The minimum atomic E-state index is -0.611. The summed E-state index contributed by atoms with van der Waals surface area (Å²) in [7, 11) is 3.17. The van der Waals surface area contributed by atoms with Crippen molar-refractivity contribution in [3.8, 4) is 0 Å². The number of hydrogen-bond donors (Lipinski definition) is 3. The Hall–Kier alpha value is -2.41. The van der Waals surface area contributed by atoms with Crippen molar-refractivity contribution in [3.05, 3.63) is 29.8 Å². The highest BCUT2D eigenvalue weighted by molar-refractivity contribution is 6.03. The smallest absolute Gasteiger partial charge is 0.250 e. The monoisotopic (exact) mass is 278 g/mol. The summed E-state index contributed by atoms with van der Waals surface area (Å²) in [5.74, 6) is -1.12. The third kappa shape index (κ3) is 4.69. The highest BCUT2D eigenvalue weighted by Gasteiger charge is 2.13. The van der Waals surface area contributed by atoms with Crippen LogP contribution in [0, 0.1) is 0 Å². The highest BCUT2D eigenvalue weighted by atomic mass is 16.2. The molecule has 0 unspecified atom stereocenters. The zero-order valence-electron chi connectivity index (χ0n) is 11.5. The van der Waals surface area contributed by atoms with Gasteiger partial charge in [0.05, 0.1) is 24.3 Å². The number of para-hydroxylation sites is 1. The molecule has 0 saturated carbocycles. The number of benzene rings is 1. The Morgan fingerprint density at radius 2 is 1.75 bits per heavy atom. The Bertz CT molecular complexity index is 516. The standard InChI is InChI=1S/C13H18N4O3/c1-15-11(18)7-17(2)8-12(19)16-10-6-4-3-5-9(10)13(14)20/h3-6H,7-8H2,1-2H3,(H2,14,20)(H,15,18)(H,16,19). The van der Waals surface area contributed by atoms with Gasteiger partial charge in [-0.05, 0) is 19.2 Å². The Morgan fingerprint density at radius 1 is 1.15 bits per heavy atom. The summed E-state index contributed by atoms with van der Waals surface area (Å²) in [4.78, 5) is 35.8. The second kappa shape index (κ2) is 7.25. The van der Waals surface area contributed by atoms with E-state index in [1.165, 1.54) is 13.1 Å². The molecule has 3 amide bonds. The predicted octanol–water partition coefficient (Wildman–Crippen LogP) is -0.598. The number of nitrogens with two attached hydrogens (primary N) is 1. The van der Waals surface area contributed by atoms with Gasteiger partial charge in [-0.2, -0.15) is 0 Å². The molecule has 0 aliphatic carbocycles. The lowest BCUT2D eigenvalue weighted by Gasteiger charge is -2.15. The van der Waals surface area contributed by atoms with Gasteiger partial charge in [-0.25, -0.2) is 0 Å². The fourth-order valence-electron chi connectivity index (χ4n) is 1.62. The van der Waals surface area contributed by atoms with Gasteiger partial charge in [0.15, 0.2) is 0 Å². The quantitative estimate of drug-likeness (QED) is 0.646. The van der Waals surface area contributed by atoms with Crippen molar-refractivity contribution in [2.75, 3.05) is 32.5 Å². The van der Waals surface area contributed by atoms with Gasteiger partial charge in [-0.3, -0.25) is 19.3 Å². The van der Waals surface area contributed by atoms with Crippen LogP contribution in [0.25, 0.3) is 0 Å². The van der Waals surface area contributed by atoms with Crippen LogP contribution < -0.4 is 16.4 Å². The number of nitrogens with one attached hydrogen (secondary N) is 2. The number of nitrogens with zero attached hydrogens (tertiary/aromatic N) is 1. The average molecular weight is 278 g/mol. The molecule has 0 aliphatic heterocycles. The van der Waals surface area contributed by atoms with E-state index in [2.05, 4.69) is 10.6 Å². The number of anilines is 1. The molecule has 4 N–H and O–H groups in total. The van der Waals surface area contributed by atoms with Crippen LogP contribution >= 0.6 is 0 Å². The summed E-state index contributed by atoms with van der Waals surface area (Å²) in [6.07, 6.45) is 0. The van der Waals surface area contributed by atoms with Crippen LogP contribution in [0.3, 0.4) is 0 Å². The molecule has 0 radical (unpaired) electrons. The first-order valence-corrected chi connectivity index (χ1v) is 6.02. The average Bonchev–Trinajstić information content (AvgIpc) is 2.38. The largest absolute Gasteiger partial charge is 0.366 e. The van der Waals surface area contributed by atoms with Gasteiger partial charge in [0.1, 0.15) is 0 Å². The maximum Gasteiger partial charge on any atom is 0.250 e. The van der Waals surface area contributed by atoms with E-state index in [0.717, 1.165) is 0 Å². The zero-order chi connectivity index (χ0) is 15.1. The summed E-state index contributed by atoms with van der Waals surface area (Å²) in [5.41, 5.74) is 5.83. The molecule has 20 heavy (non-hydrogen) atoms. The third-order valence-electron chi connectivity index (χ3n) is 2.57. The molecule has 0 aromatic heterocycles. The lowest BCUT2D eigenvalue weighted by molar-refractivity contribution is -0.122. The Morgan fingerprint density at radius 3 is 2.35 bits per heavy atom. The first kappa shape index (κ1) is 15.6. The fraction of sp³-hybridized carbons (Fsp3) is 0.308. The van der Waals surface area contributed by atoms with E-state index in [0.29, 0.717) is 5.69 Å². The van der Waals surface area contributed by atoms with Crippen molar-refractivity contribution in [1.29, 1.82) is 0 Å². The summed E-state index contributed by atoms with van der Waals surface area (Å²) in [6.45, 7) is 0.141. The second-order valence-corrected chi connectivity index (χ2v) is 4.30. The van der Waals surface area contributed by atoms with Crippen molar-refractivity contribution in [3.63, 3.8) is 0 Å². The van der Waals surface area contributed by atoms with E-state index in [4.69, 9.17) is 5.73 Å². The van der Waals surface area contributed by atoms with Gasteiger partial charge in [0, 0.05) is 7.05 Å². The number of likely N-dealkylation sites (N-methyl/N-ethyl adjacent to an activating group) is 2. The molecule has 0 spiro atoms. The number of rotatable bonds is 6. The summed E-state index contributed by atoms with van der Waals surface area (Å²) in [5, 5.41) is 5.07. The molecule has 0 aliphatic rings. The molecule has 0 atom stereocenters. The molecular formula is C13H18N4O3. The Labute approximate surface area is 117 Å². The van der Waals surface area contributed by atoms with Crippen molar-refractivity contribution in [1.82, 2.24) is 10.2 Å². The van der Waals surface area contributed by atoms with Gasteiger partial charge in [0.25, 0.3) is 5.91 Å². The van der Waals surface area contributed by atoms with E-state index in [1.54, 1.807) is 30.1 Å². The van der Waals surface area contributed by atoms with E-state index in [1.807, 2.05) is 0 Å². The van der Waals surface area contributed by atoms with E-state index in [9.17, 15) is 14.4 Å². The molecule has 108 valence electrons. The van der Waals surface area contributed by atoms with Crippen LogP contribution in [0.15, 0.2) is 24.3 Å². The molecule has 1 aromatic carbocycles. The number of carbonyl (C=O) groups excluding carboxylic acids is 3. The van der Waals surface area contributed by atoms with Crippen molar-refractivity contribution in [2.45, 2.75) is 0 Å². The van der Waals surface area contributed by atoms with E-state index in [-0.39, 0.29) is 30.5 Å². The van der Waals surface area contributed by atoms with Gasteiger partial charge in [-0.15, -0.1) is 0 Å². The number of primary amides is 1. The van der Waals surface area contributed by atoms with Crippen LogP contribution in [0.2, 0.25) is 0 Å². The normalized spacial score (nSPS) is 10.2. The SMILES string of the molecule is CNC(=O)CN(C)CC(=O)Nc1ccccc1C(N)=O. The molecule has 1 aromatic rings. The van der Waals surface area contributed by atoms with Crippen LogP contribution in [-0.4, -0.2) is 49.8 Å². The maximum atomic E-state index is 11.8. The topological polar surface area (TPSA) is 105 Å². The molecule has 7 nitrogen and oxygen atoms in total. The van der Waals surface area contributed by atoms with Crippen molar-refractivity contribution >= 4 is 23.4 Å². The number of amides is 3. The van der Waals surface area contributed by atoms with Crippen LogP contribution in [0.1, 0.15) is 10.4 Å². The zero-order valence-corrected chi connectivity index (χ0v) is 11.5. The Kier molecular flexibility index (Phi) is 5.67. The molecule has 0 saturated heterocycles. The van der Waals surface area contributed by atoms with E-state index < -0.39 is 5.91 Å². The fourth-order valence-corrected chi connectivity index (χ4v) is 1.62. The van der Waals surface area contributed by atoms with Crippen LogP contribution in [-0.2, 0) is 9.59 Å². The first-order chi connectivity index (χ1) is 9.43. The van der Waals surface area contributed by atoms with Crippen molar-refractivity contribution < 1.29 is 14.4 Å². The van der Waals surface area contributed by atoms with Gasteiger partial charge in [-0.1, -0.05) is 12.1 Å². The minimum Gasteiger partial charge on any atom is -0.366 e. The molecule has 0 fully saturated rings. The summed E-state index contributed by atoms with van der Waals surface area (Å²) >= 11 is 0. The predicted molar refractivity (Wildman–Crippen MR) is 75.2 cm³/mol. The van der Waals surface area contributed by atoms with E-state index >= 15 is 0 Å². The van der Waals surface area contributed by atoms with Crippen molar-refractivity contribution in [2.24, 2.45) is 5.73 Å². The maximum absolute atomic E-state index is 11.8. The minimum absolute atomic E-state index is 0.0283. The van der Waals surface area contributed by atoms with Gasteiger partial charge in [0.2, 0.25) is 11.8 Å². The van der Waals surface area contributed by atoms with Gasteiger partial charge >= 0.3 is 0 Å². The number of carbonyl (C=O) groups is 3. The van der Waals surface area contributed by atoms with Gasteiger partial charge < -0.3 is 16.4 Å². The molecular weight excluding hydrogens is 260 g/mol. The lowest BCUT2D eigenvalue weighted by Crippen LogP contribution is -2.37. The Balaban J connectivity index is 2.63. The third-order valence-corrected chi connectivity index (χ3v) is 2.57. The summed E-state index contributed by atoms with van der Waals surface area (Å²) < 4.78 is 0. The molecule has 0 heterocycles. The molecule has 1 rings (SSSR count). The molecule has 7 heteroatoms. The number of hydrogen-bond acceptors (Lipinski definition) is 4.